The van der Waals surface area contributed by atoms with Gasteiger partial charge in [-0.1, -0.05) is 22.9 Å². The number of morpholine rings is 1. The molecule has 13 heavy (non-hydrogen) atoms. The van der Waals surface area contributed by atoms with E-state index in [-0.39, 0.29) is 0 Å². The normalized spacial score (nSPS) is 33.2. The summed E-state index contributed by atoms with van der Waals surface area (Å²) in [7, 11) is 0. The quantitative estimate of drug-likeness (QED) is 0.711. The zero-order valence-electron chi connectivity index (χ0n) is 8.79. The number of rotatable bonds is 3. The average Bonchev–Trinajstić information content (AvgIpc) is 2.02. The van der Waals surface area contributed by atoms with E-state index in [0.29, 0.717) is 12.2 Å². The van der Waals surface area contributed by atoms with Gasteiger partial charge in [-0.2, -0.15) is 0 Å². The maximum atomic E-state index is 5.68. The second kappa shape index (κ2) is 5.32. The molecule has 1 aliphatic rings. The Bertz CT molecular complexity index is 144. The van der Waals surface area contributed by atoms with Crippen molar-refractivity contribution in [2.75, 3.05) is 25.0 Å². The van der Waals surface area contributed by atoms with Gasteiger partial charge in [-0.05, 0) is 19.8 Å². The average molecular weight is 250 g/mol. The monoisotopic (exact) mass is 249 g/mol. The zero-order valence-corrected chi connectivity index (χ0v) is 10.4. The van der Waals surface area contributed by atoms with Gasteiger partial charge in [-0.3, -0.25) is 4.90 Å². The van der Waals surface area contributed by atoms with Crippen LogP contribution in [0.4, 0.5) is 0 Å². The summed E-state index contributed by atoms with van der Waals surface area (Å²) in [6.07, 6.45) is 0.789. The Morgan fingerprint density at radius 3 is 2.38 bits per heavy atom. The van der Waals surface area contributed by atoms with Crippen LogP contribution in [-0.4, -0.2) is 42.1 Å². The van der Waals surface area contributed by atoms with E-state index in [1.165, 1.54) is 6.54 Å². The highest BCUT2D eigenvalue weighted by molar-refractivity contribution is 9.09. The number of nitrogens with zero attached hydrogens (tertiary/aromatic N) is 1. The van der Waals surface area contributed by atoms with Crippen molar-refractivity contribution in [3.8, 4) is 0 Å². The van der Waals surface area contributed by atoms with Gasteiger partial charge in [0.25, 0.3) is 0 Å². The van der Waals surface area contributed by atoms with Crippen LogP contribution in [0, 0.1) is 5.92 Å². The largest absolute Gasteiger partial charge is 0.373 e. The summed E-state index contributed by atoms with van der Waals surface area (Å²) in [4.78, 5) is 2.50. The Hall–Kier alpha value is 0.400. The van der Waals surface area contributed by atoms with Crippen molar-refractivity contribution in [3.63, 3.8) is 0 Å². The summed E-state index contributed by atoms with van der Waals surface area (Å²) in [5.74, 6) is 0.734. The van der Waals surface area contributed by atoms with Crippen LogP contribution in [0.25, 0.3) is 0 Å². The molecule has 0 spiro atoms. The van der Waals surface area contributed by atoms with Crippen LogP contribution in [-0.2, 0) is 4.74 Å². The molecule has 0 N–H and O–H groups in total. The second-order valence-electron chi connectivity index (χ2n) is 4.24. The number of hydrogen-bond donors (Lipinski definition) is 0. The summed E-state index contributed by atoms with van der Waals surface area (Å²) in [5, 5.41) is 1.09. The molecule has 3 heteroatoms. The van der Waals surface area contributed by atoms with Gasteiger partial charge in [0.05, 0.1) is 12.2 Å². The van der Waals surface area contributed by atoms with Crippen molar-refractivity contribution >= 4 is 15.9 Å². The highest BCUT2D eigenvalue weighted by Gasteiger charge is 2.22. The van der Waals surface area contributed by atoms with Gasteiger partial charge in [0.15, 0.2) is 0 Å². The van der Waals surface area contributed by atoms with E-state index in [2.05, 4.69) is 41.6 Å². The van der Waals surface area contributed by atoms with Gasteiger partial charge in [-0.15, -0.1) is 0 Å². The highest BCUT2D eigenvalue weighted by atomic mass is 79.9. The number of alkyl halides is 1. The lowest BCUT2D eigenvalue weighted by molar-refractivity contribution is -0.0702. The first-order chi connectivity index (χ1) is 6.11. The molecule has 0 aromatic carbocycles. The fourth-order valence-corrected chi connectivity index (χ4v) is 2.13. The molecular weight excluding hydrogens is 230 g/mol. The van der Waals surface area contributed by atoms with Crippen LogP contribution in [0.15, 0.2) is 0 Å². The Labute approximate surface area is 89.8 Å². The molecule has 0 amide bonds. The van der Waals surface area contributed by atoms with Gasteiger partial charge >= 0.3 is 0 Å². The maximum Gasteiger partial charge on any atom is 0.0678 e. The zero-order chi connectivity index (χ0) is 9.84. The Morgan fingerprint density at radius 2 is 1.92 bits per heavy atom. The predicted octanol–water partition coefficient (Wildman–Crippen LogP) is 2.13. The molecule has 0 aliphatic carbocycles. The lowest BCUT2D eigenvalue weighted by Gasteiger charge is -2.36. The lowest BCUT2D eigenvalue weighted by Crippen LogP contribution is -2.46. The molecule has 0 aromatic heterocycles. The molecule has 1 heterocycles. The molecule has 0 aromatic rings. The summed E-state index contributed by atoms with van der Waals surface area (Å²) >= 11 is 3.51. The summed E-state index contributed by atoms with van der Waals surface area (Å²) in [6, 6.07) is 0. The molecule has 0 radical (unpaired) electrons. The first-order valence-corrected chi connectivity index (χ1v) is 6.17. The van der Waals surface area contributed by atoms with Gasteiger partial charge in [-0.25, -0.2) is 0 Å². The predicted molar refractivity (Wildman–Crippen MR) is 59.4 cm³/mol. The van der Waals surface area contributed by atoms with Crippen LogP contribution in [0.2, 0.25) is 0 Å². The van der Waals surface area contributed by atoms with E-state index in [1.54, 1.807) is 0 Å². The minimum Gasteiger partial charge on any atom is -0.373 e. The third kappa shape index (κ3) is 3.96. The van der Waals surface area contributed by atoms with Crippen LogP contribution >= 0.6 is 15.9 Å². The lowest BCUT2D eigenvalue weighted by atomic mass is 10.1. The van der Waals surface area contributed by atoms with E-state index in [1.807, 2.05) is 0 Å². The third-order valence-electron chi connectivity index (χ3n) is 2.33. The van der Waals surface area contributed by atoms with Crippen LogP contribution in [0.1, 0.15) is 20.8 Å². The third-order valence-corrected chi connectivity index (χ3v) is 3.43. The van der Waals surface area contributed by atoms with Gasteiger partial charge in [0, 0.05) is 25.0 Å². The van der Waals surface area contributed by atoms with Crippen LogP contribution in [0.5, 0.6) is 0 Å². The molecule has 0 saturated carbocycles. The van der Waals surface area contributed by atoms with E-state index >= 15 is 0 Å². The smallest absolute Gasteiger partial charge is 0.0678 e. The fourth-order valence-electron chi connectivity index (χ4n) is 1.92. The standard InChI is InChI=1S/C10H20BrNO/c1-8(4-11)5-12-6-9(2)13-10(3)7-12/h8-10H,4-7H2,1-3H3. The van der Waals surface area contributed by atoms with Crippen molar-refractivity contribution in [1.29, 1.82) is 0 Å². The molecule has 2 nitrogen and oxygen atoms in total. The molecule has 1 saturated heterocycles. The van der Waals surface area contributed by atoms with Crippen molar-refractivity contribution in [2.45, 2.75) is 33.0 Å². The molecule has 1 fully saturated rings. The molecule has 1 aliphatic heterocycles. The van der Waals surface area contributed by atoms with Crippen molar-refractivity contribution in [2.24, 2.45) is 5.92 Å². The second-order valence-corrected chi connectivity index (χ2v) is 4.88. The summed E-state index contributed by atoms with van der Waals surface area (Å²) < 4.78 is 5.68. The minimum absolute atomic E-state index is 0.395. The van der Waals surface area contributed by atoms with E-state index < -0.39 is 0 Å². The Morgan fingerprint density at radius 1 is 1.38 bits per heavy atom. The molecule has 78 valence electrons. The van der Waals surface area contributed by atoms with Gasteiger partial charge in [0.1, 0.15) is 0 Å². The molecule has 0 bridgehead atoms. The Kier molecular flexibility index (Phi) is 4.70. The van der Waals surface area contributed by atoms with Crippen LogP contribution in [0.3, 0.4) is 0 Å². The van der Waals surface area contributed by atoms with Crippen LogP contribution < -0.4 is 0 Å². The maximum absolute atomic E-state index is 5.68. The first kappa shape index (κ1) is 11.5. The topological polar surface area (TPSA) is 12.5 Å². The molecule has 3 atom stereocenters. The summed E-state index contributed by atoms with van der Waals surface area (Å²) in [5.41, 5.74) is 0. The highest BCUT2D eigenvalue weighted by Crippen LogP contribution is 2.13. The number of ether oxygens (including phenoxy) is 1. The van der Waals surface area contributed by atoms with Crippen molar-refractivity contribution in [1.82, 2.24) is 4.90 Å². The number of halogens is 1. The first-order valence-electron chi connectivity index (χ1n) is 5.05. The SMILES string of the molecule is CC(CBr)CN1CC(C)OC(C)C1. The molecule has 3 unspecified atom stereocenters. The number of hydrogen-bond acceptors (Lipinski definition) is 2. The molecule has 1 rings (SSSR count). The summed E-state index contributed by atoms with van der Waals surface area (Å²) in [6.45, 7) is 9.94. The van der Waals surface area contributed by atoms with Crippen molar-refractivity contribution in [3.05, 3.63) is 0 Å². The Balaban J connectivity index is 2.32. The van der Waals surface area contributed by atoms with E-state index in [0.717, 1.165) is 24.3 Å². The minimum atomic E-state index is 0.395. The van der Waals surface area contributed by atoms with E-state index in [4.69, 9.17) is 4.74 Å². The van der Waals surface area contributed by atoms with Gasteiger partial charge < -0.3 is 4.74 Å². The van der Waals surface area contributed by atoms with Crippen molar-refractivity contribution < 1.29 is 4.74 Å². The van der Waals surface area contributed by atoms with Gasteiger partial charge in [0.2, 0.25) is 0 Å². The fraction of sp³-hybridized carbons (Fsp3) is 1.00. The molecular formula is C10H20BrNO. The van der Waals surface area contributed by atoms with E-state index in [9.17, 15) is 0 Å².